The van der Waals surface area contributed by atoms with Crippen molar-refractivity contribution in [3.05, 3.63) is 40.0 Å². The van der Waals surface area contributed by atoms with Crippen molar-refractivity contribution in [1.29, 1.82) is 0 Å². The van der Waals surface area contributed by atoms with Gasteiger partial charge in [-0.05, 0) is 48.2 Å². The zero-order valence-electron chi connectivity index (χ0n) is 9.89. The first kappa shape index (κ1) is 12.5. The molecule has 0 radical (unpaired) electrons. The van der Waals surface area contributed by atoms with E-state index in [1.165, 1.54) is 0 Å². The van der Waals surface area contributed by atoms with E-state index in [1.54, 1.807) is 0 Å². The lowest BCUT2D eigenvalue weighted by molar-refractivity contribution is 0.583. The second-order valence-corrected chi connectivity index (χ2v) is 5.07. The molecule has 90 valence electrons. The Bertz CT molecular complexity index is 478. The maximum atomic E-state index is 4.46. The van der Waals surface area contributed by atoms with Crippen LogP contribution in [0.1, 0.15) is 25.6 Å². The van der Waals surface area contributed by atoms with Gasteiger partial charge >= 0.3 is 0 Å². The SMILES string of the molecule is CCNC(C)c1ccc(-n2cc(I)cn2)cn1. The molecule has 0 saturated carbocycles. The molecule has 0 fully saturated rings. The van der Waals surface area contributed by atoms with Crippen LogP contribution in [0.3, 0.4) is 0 Å². The summed E-state index contributed by atoms with van der Waals surface area (Å²) in [6.07, 6.45) is 5.66. The molecule has 2 heterocycles. The molecular weight excluding hydrogens is 327 g/mol. The standard InChI is InChI=1S/C12H15IN4/c1-3-14-9(2)12-5-4-11(7-15-12)17-8-10(13)6-16-17/h4-9,14H,3H2,1-2H3. The fraction of sp³-hybridized carbons (Fsp3) is 0.333. The number of hydrogen-bond donors (Lipinski definition) is 1. The number of hydrogen-bond acceptors (Lipinski definition) is 3. The molecule has 2 aromatic heterocycles. The van der Waals surface area contributed by atoms with Crippen LogP contribution < -0.4 is 5.32 Å². The van der Waals surface area contributed by atoms with Gasteiger partial charge in [0.1, 0.15) is 0 Å². The topological polar surface area (TPSA) is 42.7 Å². The van der Waals surface area contributed by atoms with Gasteiger partial charge in [0.2, 0.25) is 0 Å². The molecule has 2 rings (SSSR count). The highest BCUT2D eigenvalue weighted by molar-refractivity contribution is 14.1. The third-order valence-corrected chi connectivity index (χ3v) is 3.10. The molecule has 0 spiro atoms. The van der Waals surface area contributed by atoms with Crippen molar-refractivity contribution in [2.45, 2.75) is 19.9 Å². The van der Waals surface area contributed by atoms with Gasteiger partial charge in [0, 0.05) is 12.2 Å². The van der Waals surface area contributed by atoms with Gasteiger partial charge in [-0.25, -0.2) is 4.68 Å². The maximum absolute atomic E-state index is 4.46. The summed E-state index contributed by atoms with van der Waals surface area (Å²) < 4.78 is 2.95. The first-order valence-electron chi connectivity index (χ1n) is 5.60. The van der Waals surface area contributed by atoms with Crippen molar-refractivity contribution in [1.82, 2.24) is 20.1 Å². The molecular formula is C12H15IN4. The highest BCUT2D eigenvalue weighted by Crippen LogP contribution is 2.13. The van der Waals surface area contributed by atoms with Gasteiger partial charge < -0.3 is 5.32 Å². The van der Waals surface area contributed by atoms with Gasteiger partial charge in [0.05, 0.1) is 27.3 Å². The van der Waals surface area contributed by atoms with E-state index in [0.29, 0.717) is 0 Å². The van der Waals surface area contributed by atoms with Crippen molar-refractivity contribution in [3.8, 4) is 5.69 Å². The Morgan fingerprint density at radius 1 is 1.41 bits per heavy atom. The van der Waals surface area contributed by atoms with Gasteiger partial charge in [-0.2, -0.15) is 5.10 Å². The number of pyridine rings is 1. The van der Waals surface area contributed by atoms with Crippen molar-refractivity contribution in [2.75, 3.05) is 6.54 Å². The summed E-state index contributed by atoms with van der Waals surface area (Å²) in [4.78, 5) is 4.46. The minimum absolute atomic E-state index is 0.284. The molecule has 17 heavy (non-hydrogen) atoms. The van der Waals surface area contributed by atoms with Crippen LogP contribution >= 0.6 is 22.6 Å². The molecule has 0 aliphatic rings. The Morgan fingerprint density at radius 3 is 2.76 bits per heavy atom. The van der Waals surface area contributed by atoms with Crippen LogP contribution in [-0.2, 0) is 0 Å². The van der Waals surface area contributed by atoms with Gasteiger partial charge in [0.25, 0.3) is 0 Å². The molecule has 1 unspecified atom stereocenters. The summed E-state index contributed by atoms with van der Waals surface area (Å²) in [5.74, 6) is 0. The van der Waals surface area contributed by atoms with Crippen molar-refractivity contribution in [2.24, 2.45) is 0 Å². The quantitative estimate of drug-likeness (QED) is 0.869. The van der Waals surface area contributed by atoms with E-state index < -0.39 is 0 Å². The third-order valence-electron chi connectivity index (χ3n) is 2.54. The molecule has 1 atom stereocenters. The second kappa shape index (κ2) is 5.59. The highest BCUT2D eigenvalue weighted by Gasteiger charge is 2.05. The summed E-state index contributed by atoms with van der Waals surface area (Å²) in [5.41, 5.74) is 2.04. The number of nitrogens with zero attached hydrogens (tertiary/aromatic N) is 3. The highest BCUT2D eigenvalue weighted by atomic mass is 127. The van der Waals surface area contributed by atoms with Gasteiger partial charge in [-0.3, -0.25) is 4.98 Å². The Kier molecular flexibility index (Phi) is 4.11. The zero-order chi connectivity index (χ0) is 12.3. The normalized spacial score (nSPS) is 12.6. The van der Waals surface area contributed by atoms with E-state index in [2.05, 4.69) is 51.8 Å². The molecule has 4 nitrogen and oxygen atoms in total. The molecule has 2 aromatic rings. The summed E-state index contributed by atoms with van der Waals surface area (Å²) in [5, 5.41) is 7.59. The molecule has 0 aliphatic carbocycles. The molecule has 1 N–H and O–H groups in total. The minimum atomic E-state index is 0.284. The predicted molar refractivity (Wildman–Crippen MR) is 76.2 cm³/mol. The molecule has 0 aliphatic heterocycles. The van der Waals surface area contributed by atoms with Crippen molar-refractivity contribution >= 4 is 22.6 Å². The van der Waals surface area contributed by atoms with Crippen LogP contribution in [0.5, 0.6) is 0 Å². The van der Waals surface area contributed by atoms with E-state index in [9.17, 15) is 0 Å². The van der Waals surface area contributed by atoms with Crippen LogP contribution in [0.2, 0.25) is 0 Å². The number of rotatable bonds is 4. The number of nitrogens with one attached hydrogen (secondary N) is 1. The number of aromatic nitrogens is 3. The lowest BCUT2D eigenvalue weighted by Gasteiger charge is -2.11. The molecule has 0 amide bonds. The largest absolute Gasteiger partial charge is 0.309 e. The van der Waals surface area contributed by atoms with Crippen molar-refractivity contribution in [3.63, 3.8) is 0 Å². The lowest BCUT2D eigenvalue weighted by Crippen LogP contribution is -2.18. The van der Waals surface area contributed by atoms with E-state index in [0.717, 1.165) is 21.5 Å². The predicted octanol–water partition coefficient (Wildman–Crippen LogP) is 2.54. The average molecular weight is 342 g/mol. The van der Waals surface area contributed by atoms with Crippen LogP contribution in [0, 0.1) is 3.57 Å². The van der Waals surface area contributed by atoms with Gasteiger partial charge in [0.15, 0.2) is 0 Å². The van der Waals surface area contributed by atoms with E-state index in [-0.39, 0.29) is 6.04 Å². The molecule has 5 heteroatoms. The first-order chi connectivity index (χ1) is 8.20. The summed E-state index contributed by atoms with van der Waals surface area (Å²) in [7, 11) is 0. The van der Waals surface area contributed by atoms with Crippen LogP contribution in [0.4, 0.5) is 0 Å². The average Bonchev–Trinajstić information content (AvgIpc) is 2.76. The lowest BCUT2D eigenvalue weighted by atomic mass is 10.2. The van der Waals surface area contributed by atoms with E-state index >= 15 is 0 Å². The van der Waals surface area contributed by atoms with Gasteiger partial charge in [-0.15, -0.1) is 0 Å². The number of halogens is 1. The third kappa shape index (κ3) is 3.04. The van der Waals surface area contributed by atoms with Crippen LogP contribution in [-0.4, -0.2) is 21.3 Å². The molecule has 0 aromatic carbocycles. The van der Waals surface area contributed by atoms with Crippen molar-refractivity contribution < 1.29 is 0 Å². The fourth-order valence-corrected chi connectivity index (χ4v) is 2.03. The Balaban J connectivity index is 2.18. The Morgan fingerprint density at radius 2 is 2.24 bits per heavy atom. The second-order valence-electron chi connectivity index (χ2n) is 3.82. The smallest absolute Gasteiger partial charge is 0.0829 e. The van der Waals surface area contributed by atoms with Gasteiger partial charge in [-0.1, -0.05) is 6.92 Å². The monoisotopic (exact) mass is 342 g/mol. The molecule has 0 saturated heterocycles. The summed E-state index contributed by atoms with van der Waals surface area (Å²) >= 11 is 2.24. The van der Waals surface area contributed by atoms with E-state index in [4.69, 9.17) is 0 Å². The maximum Gasteiger partial charge on any atom is 0.0829 e. The van der Waals surface area contributed by atoms with Crippen LogP contribution in [0.15, 0.2) is 30.7 Å². The summed E-state index contributed by atoms with van der Waals surface area (Å²) in [6, 6.07) is 4.36. The summed E-state index contributed by atoms with van der Waals surface area (Å²) in [6.45, 7) is 5.15. The first-order valence-corrected chi connectivity index (χ1v) is 6.68. The zero-order valence-corrected chi connectivity index (χ0v) is 12.0. The van der Waals surface area contributed by atoms with E-state index in [1.807, 2.05) is 35.4 Å². The Hall–Kier alpha value is -0.950. The fourth-order valence-electron chi connectivity index (χ4n) is 1.64. The minimum Gasteiger partial charge on any atom is -0.309 e. The van der Waals surface area contributed by atoms with Crippen LogP contribution in [0.25, 0.3) is 5.69 Å². The molecule has 0 bridgehead atoms. The Labute approximate surface area is 115 Å².